The van der Waals surface area contributed by atoms with Gasteiger partial charge in [-0.15, -0.1) is 0 Å². The summed E-state index contributed by atoms with van der Waals surface area (Å²) >= 11 is 0. The van der Waals surface area contributed by atoms with E-state index in [1.807, 2.05) is 18.2 Å². The Morgan fingerprint density at radius 1 is 1.17 bits per heavy atom. The first kappa shape index (κ1) is 17.4. The second kappa shape index (κ2) is 9.25. The Balaban J connectivity index is 1.69. The minimum Gasteiger partial charge on any atom is -0.493 e. The number of carbonyl (C=O) groups is 1. The zero-order chi connectivity index (χ0) is 16.5. The van der Waals surface area contributed by atoms with E-state index in [4.69, 9.17) is 14.2 Å². The summed E-state index contributed by atoms with van der Waals surface area (Å²) < 4.78 is 15.8. The lowest BCUT2D eigenvalue weighted by molar-refractivity contribution is 0.0642. The molecule has 0 aromatic heterocycles. The van der Waals surface area contributed by atoms with E-state index < -0.39 is 0 Å². The molecule has 0 spiro atoms. The molecule has 0 saturated carbocycles. The molecule has 2 N–H and O–H groups in total. The highest BCUT2D eigenvalue weighted by atomic mass is 16.5. The molecule has 0 atom stereocenters. The number of carbonyl (C=O) groups excluding carboxylic acids is 1. The SMILES string of the molecule is COc1ccc(CNC(=O)NCCC2CCOCC2)cc1OC. The largest absolute Gasteiger partial charge is 0.493 e. The molecule has 6 heteroatoms. The van der Waals surface area contributed by atoms with Crippen molar-refractivity contribution in [3.63, 3.8) is 0 Å². The lowest BCUT2D eigenvalue weighted by Gasteiger charge is -2.21. The quantitative estimate of drug-likeness (QED) is 0.808. The van der Waals surface area contributed by atoms with E-state index >= 15 is 0 Å². The summed E-state index contributed by atoms with van der Waals surface area (Å²) in [6.45, 7) is 2.83. The molecule has 0 aliphatic carbocycles. The molecule has 6 nitrogen and oxygen atoms in total. The van der Waals surface area contributed by atoms with Gasteiger partial charge in [0.25, 0.3) is 0 Å². The van der Waals surface area contributed by atoms with Crippen LogP contribution in [-0.2, 0) is 11.3 Å². The molecule has 2 amide bonds. The highest BCUT2D eigenvalue weighted by Crippen LogP contribution is 2.27. The van der Waals surface area contributed by atoms with Crippen LogP contribution in [0.3, 0.4) is 0 Å². The molecule has 1 aromatic rings. The minimum absolute atomic E-state index is 0.146. The van der Waals surface area contributed by atoms with Crippen molar-refractivity contribution in [2.45, 2.75) is 25.8 Å². The predicted octanol–water partition coefficient (Wildman–Crippen LogP) is 2.32. The molecule has 1 aromatic carbocycles. The third kappa shape index (κ3) is 5.63. The van der Waals surface area contributed by atoms with E-state index in [2.05, 4.69) is 10.6 Å². The molecule has 1 saturated heterocycles. The van der Waals surface area contributed by atoms with Crippen LogP contribution in [0.25, 0.3) is 0 Å². The van der Waals surface area contributed by atoms with Gasteiger partial charge in [0.2, 0.25) is 0 Å². The van der Waals surface area contributed by atoms with E-state index in [1.54, 1.807) is 14.2 Å². The summed E-state index contributed by atoms with van der Waals surface area (Å²) in [6.07, 6.45) is 3.19. The first-order valence-corrected chi connectivity index (χ1v) is 8.03. The second-order valence-corrected chi connectivity index (χ2v) is 5.64. The molecule has 23 heavy (non-hydrogen) atoms. The van der Waals surface area contributed by atoms with Crippen LogP contribution >= 0.6 is 0 Å². The van der Waals surface area contributed by atoms with Crippen LogP contribution in [0.1, 0.15) is 24.8 Å². The molecule has 2 rings (SSSR count). The van der Waals surface area contributed by atoms with Gasteiger partial charge in [-0.2, -0.15) is 0 Å². The summed E-state index contributed by atoms with van der Waals surface area (Å²) in [7, 11) is 3.19. The van der Waals surface area contributed by atoms with Crippen LogP contribution in [0.4, 0.5) is 4.79 Å². The van der Waals surface area contributed by atoms with Gasteiger partial charge < -0.3 is 24.8 Å². The zero-order valence-corrected chi connectivity index (χ0v) is 13.9. The summed E-state index contributed by atoms with van der Waals surface area (Å²) in [4.78, 5) is 11.8. The van der Waals surface area contributed by atoms with Crippen molar-refractivity contribution >= 4 is 6.03 Å². The minimum atomic E-state index is -0.146. The maximum absolute atomic E-state index is 11.8. The molecule has 1 aliphatic rings. The Hall–Kier alpha value is -1.95. The van der Waals surface area contributed by atoms with Gasteiger partial charge in [-0.05, 0) is 42.9 Å². The molecule has 0 unspecified atom stereocenters. The van der Waals surface area contributed by atoms with Crippen molar-refractivity contribution in [3.05, 3.63) is 23.8 Å². The van der Waals surface area contributed by atoms with Crippen molar-refractivity contribution in [3.8, 4) is 11.5 Å². The fraction of sp³-hybridized carbons (Fsp3) is 0.588. The summed E-state index contributed by atoms with van der Waals surface area (Å²) in [5, 5.41) is 5.76. The Morgan fingerprint density at radius 2 is 1.91 bits per heavy atom. The van der Waals surface area contributed by atoms with Crippen LogP contribution in [0, 0.1) is 5.92 Å². The summed E-state index contributed by atoms with van der Waals surface area (Å²) in [5.74, 6) is 2.00. The van der Waals surface area contributed by atoms with Gasteiger partial charge >= 0.3 is 6.03 Å². The average Bonchev–Trinajstić information content (AvgIpc) is 2.60. The van der Waals surface area contributed by atoms with E-state index in [9.17, 15) is 4.79 Å². The monoisotopic (exact) mass is 322 g/mol. The number of amides is 2. The van der Waals surface area contributed by atoms with Gasteiger partial charge in [-0.1, -0.05) is 6.07 Å². The Morgan fingerprint density at radius 3 is 2.61 bits per heavy atom. The smallest absolute Gasteiger partial charge is 0.315 e. The first-order valence-electron chi connectivity index (χ1n) is 8.03. The van der Waals surface area contributed by atoms with Crippen LogP contribution in [-0.4, -0.2) is 40.0 Å². The van der Waals surface area contributed by atoms with Crippen LogP contribution in [0.5, 0.6) is 11.5 Å². The van der Waals surface area contributed by atoms with Crippen molar-refractivity contribution in [1.29, 1.82) is 0 Å². The molecule has 1 heterocycles. The van der Waals surface area contributed by atoms with Gasteiger partial charge in [0.1, 0.15) is 0 Å². The summed E-state index contributed by atoms with van der Waals surface area (Å²) in [6, 6.07) is 5.45. The standard InChI is InChI=1S/C17H26N2O4/c1-21-15-4-3-14(11-16(15)22-2)12-19-17(20)18-8-5-13-6-9-23-10-7-13/h3-4,11,13H,5-10,12H2,1-2H3,(H2,18,19,20). The highest BCUT2D eigenvalue weighted by Gasteiger charge is 2.13. The van der Waals surface area contributed by atoms with E-state index in [0.29, 0.717) is 30.5 Å². The third-order valence-corrected chi connectivity index (χ3v) is 4.08. The van der Waals surface area contributed by atoms with Gasteiger partial charge in [0, 0.05) is 26.3 Å². The fourth-order valence-electron chi connectivity index (χ4n) is 2.66. The Labute approximate surface area is 137 Å². The summed E-state index contributed by atoms with van der Waals surface area (Å²) in [5.41, 5.74) is 0.960. The lowest BCUT2D eigenvalue weighted by Crippen LogP contribution is -2.36. The van der Waals surface area contributed by atoms with Crippen LogP contribution in [0.2, 0.25) is 0 Å². The van der Waals surface area contributed by atoms with Crippen molar-refractivity contribution in [1.82, 2.24) is 10.6 Å². The number of nitrogens with one attached hydrogen (secondary N) is 2. The molecule has 0 bridgehead atoms. The highest BCUT2D eigenvalue weighted by molar-refractivity contribution is 5.73. The third-order valence-electron chi connectivity index (χ3n) is 4.08. The number of rotatable bonds is 7. The number of ether oxygens (including phenoxy) is 3. The van der Waals surface area contributed by atoms with Gasteiger partial charge in [0.05, 0.1) is 14.2 Å². The van der Waals surface area contributed by atoms with Crippen molar-refractivity contribution in [2.24, 2.45) is 5.92 Å². The topological polar surface area (TPSA) is 68.8 Å². The molecule has 1 aliphatic heterocycles. The fourth-order valence-corrected chi connectivity index (χ4v) is 2.66. The maximum Gasteiger partial charge on any atom is 0.315 e. The van der Waals surface area contributed by atoms with E-state index in [-0.39, 0.29) is 6.03 Å². The number of methoxy groups -OCH3 is 2. The first-order chi connectivity index (χ1) is 11.2. The van der Waals surface area contributed by atoms with Gasteiger partial charge in [0.15, 0.2) is 11.5 Å². The van der Waals surface area contributed by atoms with Crippen molar-refractivity contribution < 1.29 is 19.0 Å². The van der Waals surface area contributed by atoms with Crippen LogP contribution < -0.4 is 20.1 Å². The van der Waals surface area contributed by atoms with Crippen LogP contribution in [0.15, 0.2) is 18.2 Å². The van der Waals surface area contributed by atoms with E-state index in [0.717, 1.165) is 38.0 Å². The molecule has 128 valence electrons. The second-order valence-electron chi connectivity index (χ2n) is 5.64. The number of benzene rings is 1. The predicted molar refractivity (Wildman–Crippen MR) is 87.9 cm³/mol. The molecule has 1 fully saturated rings. The Kier molecular flexibility index (Phi) is 7.00. The lowest BCUT2D eigenvalue weighted by atomic mass is 9.97. The average molecular weight is 322 g/mol. The van der Waals surface area contributed by atoms with Gasteiger partial charge in [-0.25, -0.2) is 4.79 Å². The van der Waals surface area contributed by atoms with E-state index in [1.165, 1.54) is 0 Å². The number of urea groups is 1. The van der Waals surface area contributed by atoms with Gasteiger partial charge in [-0.3, -0.25) is 0 Å². The molecular formula is C17H26N2O4. The Bertz CT molecular complexity index is 501. The zero-order valence-electron chi connectivity index (χ0n) is 13.9. The maximum atomic E-state index is 11.8. The number of hydrogen-bond donors (Lipinski definition) is 2. The number of hydrogen-bond acceptors (Lipinski definition) is 4. The molecular weight excluding hydrogens is 296 g/mol. The van der Waals surface area contributed by atoms with Crippen molar-refractivity contribution in [2.75, 3.05) is 34.0 Å². The normalized spacial score (nSPS) is 15.0. The molecule has 0 radical (unpaired) electrons.